The second-order valence-corrected chi connectivity index (χ2v) is 7.04. The molecule has 0 amide bonds. The predicted octanol–water partition coefficient (Wildman–Crippen LogP) is 4.40. The first-order chi connectivity index (χ1) is 11.2. The largest absolute Gasteiger partial charge is 0.469 e. The van der Waals surface area contributed by atoms with Gasteiger partial charge in [0.05, 0.1) is 31.5 Å². The molecule has 0 radical (unpaired) electrons. The highest BCUT2D eigenvalue weighted by Gasteiger charge is 2.47. The van der Waals surface area contributed by atoms with Gasteiger partial charge in [0.25, 0.3) is 0 Å². The zero-order chi connectivity index (χ0) is 16.5. The highest BCUT2D eigenvalue weighted by molar-refractivity contribution is 5.68. The average molecular weight is 326 g/mol. The van der Waals surface area contributed by atoms with Gasteiger partial charge in [-0.25, -0.2) is 0 Å². The van der Waals surface area contributed by atoms with E-state index >= 15 is 0 Å². The Morgan fingerprint density at radius 2 is 1.39 bits per heavy atom. The summed E-state index contributed by atoms with van der Waals surface area (Å²) in [5, 5.41) is 0. The molecule has 0 bridgehead atoms. The van der Waals surface area contributed by atoms with Crippen LogP contribution in [0, 0.1) is 0 Å². The topological polar surface area (TPSA) is 51.4 Å². The number of unbranched alkanes of at least 4 members (excludes halogenated alkanes) is 6. The second kappa shape index (κ2) is 10.3. The number of hydrogen-bond donors (Lipinski definition) is 0. The lowest BCUT2D eigenvalue weighted by Gasteiger charge is -2.00. The lowest BCUT2D eigenvalue weighted by Crippen LogP contribution is -2.02. The lowest BCUT2D eigenvalue weighted by atomic mass is 10.0. The Hall–Kier alpha value is -0.610. The fraction of sp³-hybridized carbons (Fsp3) is 0.947. The Kier molecular flexibility index (Phi) is 8.38. The van der Waals surface area contributed by atoms with Crippen LogP contribution < -0.4 is 0 Å². The third kappa shape index (κ3) is 7.67. The summed E-state index contributed by atoms with van der Waals surface area (Å²) in [6.07, 6.45) is 15.8. The summed E-state index contributed by atoms with van der Waals surface area (Å²) in [4.78, 5) is 11.0. The van der Waals surface area contributed by atoms with Crippen LogP contribution in [0.2, 0.25) is 0 Å². The highest BCUT2D eigenvalue weighted by atomic mass is 16.6. The average Bonchev–Trinajstić information content (AvgIpc) is 3.46. The third-order valence-corrected chi connectivity index (χ3v) is 5.03. The van der Waals surface area contributed by atoms with E-state index in [1.165, 1.54) is 58.5 Å². The lowest BCUT2D eigenvalue weighted by molar-refractivity contribution is -0.140. The smallest absolute Gasteiger partial charge is 0.305 e. The third-order valence-electron chi connectivity index (χ3n) is 5.03. The molecule has 0 aromatic carbocycles. The molecule has 23 heavy (non-hydrogen) atoms. The number of hydrogen-bond acceptors (Lipinski definition) is 4. The van der Waals surface area contributed by atoms with Crippen LogP contribution in [-0.4, -0.2) is 37.5 Å². The number of epoxide rings is 2. The van der Waals surface area contributed by atoms with Crippen LogP contribution in [0.15, 0.2) is 0 Å². The van der Waals surface area contributed by atoms with Gasteiger partial charge in [-0.1, -0.05) is 51.9 Å². The van der Waals surface area contributed by atoms with Crippen molar-refractivity contribution in [1.82, 2.24) is 0 Å². The van der Waals surface area contributed by atoms with Crippen molar-refractivity contribution in [2.45, 2.75) is 108 Å². The van der Waals surface area contributed by atoms with Crippen LogP contribution >= 0.6 is 0 Å². The van der Waals surface area contributed by atoms with Gasteiger partial charge in [-0.05, 0) is 19.3 Å². The maximum absolute atomic E-state index is 11.0. The number of carbonyl (C=O) groups is 1. The molecule has 2 heterocycles. The van der Waals surface area contributed by atoms with E-state index in [1.54, 1.807) is 0 Å². The molecular weight excluding hydrogens is 292 g/mol. The minimum absolute atomic E-state index is 0.0884. The van der Waals surface area contributed by atoms with Crippen LogP contribution in [0.5, 0.6) is 0 Å². The first-order valence-electron chi connectivity index (χ1n) is 9.62. The number of esters is 1. The molecule has 0 unspecified atom stereocenters. The SMILES string of the molecule is CCCCC[C@@H]1O[C@@H]1C[C@@H]1O[C@@H]1CCCCCCCC(=O)OC. The van der Waals surface area contributed by atoms with E-state index in [4.69, 9.17) is 9.47 Å². The van der Waals surface area contributed by atoms with Crippen LogP contribution in [0.4, 0.5) is 0 Å². The zero-order valence-electron chi connectivity index (χ0n) is 14.9. The predicted molar refractivity (Wildman–Crippen MR) is 90.4 cm³/mol. The maximum atomic E-state index is 11.0. The monoisotopic (exact) mass is 326 g/mol. The summed E-state index contributed by atoms with van der Waals surface area (Å²) < 4.78 is 16.2. The summed E-state index contributed by atoms with van der Waals surface area (Å²) in [6, 6.07) is 0. The molecule has 0 N–H and O–H groups in total. The Morgan fingerprint density at radius 1 is 0.826 bits per heavy atom. The van der Waals surface area contributed by atoms with Crippen LogP contribution in [0.1, 0.15) is 84.0 Å². The minimum Gasteiger partial charge on any atom is -0.469 e. The molecule has 0 aromatic rings. The van der Waals surface area contributed by atoms with Crippen molar-refractivity contribution in [3.05, 3.63) is 0 Å². The van der Waals surface area contributed by atoms with Gasteiger partial charge in [-0.15, -0.1) is 0 Å². The molecular formula is C19H34O4. The summed E-state index contributed by atoms with van der Waals surface area (Å²) in [6.45, 7) is 2.24. The molecule has 4 atom stereocenters. The summed E-state index contributed by atoms with van der Waals surface area (Å²) in [7, 11) is 1.45. The molecule has 0 aliphatic carbocycles. The van der Waals surface area contributed by atoms with E-state index in [1.807, 2.05) is 0 Å². The van der Waals surface area contributed by atoms with Gasteiger partial charge in [0.1, 0.15) is 0 Å². The Morgan fingerprint density at radius 3 is 2.00 bits per heavy atom. The summed E-state index contributed by atoms with van der Waals surface area (Å²) in [5.74, 6) is -0.0884. The van der Waals surface area contributed by atoms with Gasteiger partial charge < -0.3 is 14.2 Å². The molecule has 4 heteroatoms. The Labute approximate surface area is 141 Å². The Balaban J connectivity index is 1.35. The van der Waals surface area contributed by atoms with E-state index in [-0.39, 0.29) is 5.97 Å². The number of ether oxygens (including phenoxy) is 3. The van der Waals surface area contributed by atoms with Gasteiger partial charge in [-0.3, -0.25) is 4.79 Å². The van der Waals surface area contributed by atoms with Gasteiger partial charge in [-0.2, -0.15) is 0 Å². The molecule has 2 saturated heterocycles. The fourth-order valence-corrected chi connectivity index (χ4v) is 3.35. The van der Waals surface area contributed by atoms with Crippen LogP contribution in [-0.2, 0) is 19.0 Å². The van der Waals surface area contributed by atoms with Crippen LogP contribution in [0.3, 0.4) is 0 Å². The number of methoxy groups -OCH3 is 1. The molecule has 2 fully saturated rings. The first-order valence-corrected chi connectivity index (χ1v) is 9.62. The van der Waals surface area contributed by atoms with E-state index in [9.17, 15) is 4.79 Å². The minimum atomic E-state index is -0.0884. The highest BCUT2D eigenvalue weighted by Crippen LogP contribution is 2.39. The first kappa shape index (κ1) is 18.7. The normalized spacial score (nSPS) is 28.6. The van der Waals surface area contributed by atoms with Crippen molar-refractivity contribution in [3.8, 4) is 0 Å². The summed E-state index contributed by atoms with van der Waals surface area (Å²) >= 11 is 0. The van der Waals surface area contributed by atoms with E-state index in [0.717, 1.165) is 19.3 Å². The Bertz CT molecular complexity index is 344. The van der Waals surface area contributed by atoms with Crippen molar-refractivity contribution in [2.75, 3.05) is 7.11 Å². The van der Waals surface area contributed by atoms with Crippen molar-refractivity contribution < 1.29 is 19.0 Å². The quantitative estimate of drug-likeness (QED) is 0.270. The summed E-state index contributed by atoms with van der Waals surface area (Å²) in [5.41, 5.74) is 0. The molecule has 0 aromatic heterocycles. The number of carbonyl (C=O) groups excluding carboxylic acids is 1. The molecule has 0 spiro atoms. The van der Waals surface area contributed by atoms with E-state index in [2.05, 4.69) is 11.7 Å². The maximum Gasteiger partial charge on any atom is 0.305 e. The number of rotatable bonds is 14. The van der Waals surface area contributed by atoms with Gasteiger partial charge in [0, 0.05) is 12.8 Å². The van der Waals surface area contributed by atoms with Crippen molar-refractivity contribution in [2.24, 2.45) is 0 Å². The van der Waals surface area contributed by atoms with Crippen molar-refractivity contribution in [3.63, 3.8) is 0 Å². The fourth-order valence-electron chi connectivity index (χ4n) is 3.35. The molecule has 2 aliphatic heterocycles. The zero-order valence-corrected chi connectivity index (χ0v) is 14.9. The molecule has 2 rings (SSSR count). The van der Waals surface area contributed by atoms with Crippen molar-refractivity contribution >= 4 is 5.97 Å². The van der Waals surface area contributed by atoms with E-state index in [0.29, 0.717) is 30.8 Å². The van der Waals surface area contributed by atoms with Crippen molar-refractivity contribution in [1.29, 1.82) is 0 Å². The van der Waals surface area contributed by atoms with Gasteiger partial charge >= 0.3 is 5.97 Å². The van der Waals surface area contributed by atoms with Gasteiger partial charge in [0.2, 0.25) is 0 Å². The molecule has 2 aliphatic rings. The second-order valence-electron chi connectivity index (χ2n) is 7.04. The molecule has 4 nitrogen and oxygen atoms in total. The molecule has 134 valence electrons. The van der Waals surface area contributed by atoms with Gasteiger partial charge in [0.15, 0.2) is 0 Å². The standard InChI is InChI=1S/C19H34O4/c1-3-4-8-11-15-17(22-15)14-18-16(23-18)12-9-6-5-7-10-13-19(20)21-2/h15-18H,3-14H2,1-2H3/t15-,16+,17+,18-/m0/s1. The van der Waals surface area contributed by atoms with E-state index < -0.39 is 0 Å². The molecule has 0 saturated carbocycles. The van der Waals surface area contributed by atoms with Crippen LogP contribution in [0.25, 0.3) is 0 Å².